The monoisotopic (exact) mass is 1850 g/mol. The van der Waals surface area contributed by atoms with Crippen LogP contribution < -0.4 is 0 Å². The minimum Gasteiger partial charge on any atom is -0.462 e. The molecule has 2 spiro atoms. The molecule has 728 valence electrons. The van der Waals surface area contributed by atoms with Crippen LogP contribution in [0, 0.1) is 47.3 Å². The number of rotatable bonds is 11. The molecule has 4 aliphatic carbocycles. The smallest absolute Gasteiger partial charge is 0.394 e. The van der Waals surface area contributed by atoms with Crippen LogP contribution in [0.5, 0.6) is 0 Å². The van der Waals surface area contributed by atoms with Gasteiger partial charge < -0.3 is 116 Å². The molecule has 12 heterocycles. The van der Waals surface area contributed by atoms with Crippen LogP contribution in [0.3, 0.4) is 0 Å². The summed E-state index contributed by atoms with van der Waals surface area (Å²) in [7, 11) is 0.139. The van der Waals surface area contributed by atoms with Crippen LogP contribution in [0.4, 0.5) is 0 Å². The lowest BCUT2D eigenvalue weighted by Gasteiger charge is -2.49. The first-order valence-corrected chi connectivity index (χ1v) is 48.7. The number of oxime groups is 2. The highest BCUT2D eigenvalue weighted by atomic mass is 32.3. The van der Waals surface area contributed by atoms with Crippen molar-refractivity contribution in [3.8, 4) is 0 Å². The molecule has 130 heavy (non-hydrogen) atoms. The molecule has 8 saturated heterocycles. The summed E-state index contributed by atoms with van der Waals surface area (Å²) in [4.78, 5) is 28.9. The molecule has 8 N–H and O–H groups in total. The number of hydrogen-bond acceptors (Lipinski definition) is 30. The molecule has 0 unspecified atom stereocenters. The zero-order valence-electron chi connectivity index (χ0n) is 77.9. The Morgan fingerprint density at radius 3 is 1.24 bits per heavy atom. The van der Waals surface area contributed by atoms with E-state index in [0.29, 0.717) is 91.9 Å². The lowest BCUT2D eigenvalue weighted by Crippen LogP contribution is -2.57. The molecule has 2 saturated carbocycles. The summed E-state index contributed by atoms with van der Waals surface area (Å²) in [6.45, 7) is 23.7. The molecule has 0 amide bonds. The van der Waals surface area contributed by atoms with Gasteiger partial charge in [-0.15, -0.1) is 0 Å². The molecule has 10 fully saturated rings. The van der Waals surface area contributed by atoms with Crippen molar-refractivity contribution in [2.45, 2.75) is 369 Å². The highest BCUT2D eigenvalue weighted by Crippen LogP contribution is 2.51. The van der Waals surface area contributed by atoms with E-state index < -0.39 is 161 Å². The number of nitrogens with zero attached hydrogens (tertiary/aromatic N) is 2. The van der Waals surface area contributed by atoms with Crippen LogP contribution >= 0.6 is 0 Å². The Hall–Kier alpha value is -5.65. The van der Waals surface area contributed by atoms with Gasteiger partial charge in [-0.1, -0.05) is 149 Å². The average molecular weight is 1850 g/mol. The lowest BCUT2D eigenvalue weighted by atomic mass is 9.71. The third-order valence-electron chi connectivity index (χ3n) is 29.3. The Balaban J connectivity index is 0.000000202. The Labute approximate surface area is 765 Å². The number of aliphatic hydroxyl groups is 4. The molecule has 4 bridgehead atoms. The molecule has 16 rings (SSSR count). The Morgan fingerprint density at radius 2 is 0.862 bits per heavy atom. The van der Waals surface area contributed by atoms with Crippen LogP contribution in [0.2, 0.25) is 0 Å². The van der Waals surface area contributed by atoms with E-state index in [1.165, 1.54) is 51.4 Å². The molecule has 0 aromatic heterocycles. The fourth-order valence-corrected chi connectivity index (χ4v) is 22.2. The van der Waals surface area contributed by atoms with Crippen molar-refractivity contribution in [1.82, 2.24) is 0 Å². The van der Waals surface area contributed by atoms with Crippen molar-refractivity contribution < 1.29 is 143 Å². The van der Waals surface area contributed by atoms with Gasteiger partial charge in [-0.3, -0.25) is 18.7 Å². The largest absolute Gasteiger partial charge is 0.462 e. The second kappa shape index (κ2) is 44.7. The minimum atomic E-state index is -4.67. The van der Waals surface area contributed by atoms with Crippen LogP contribution in [0.25, 0.3) is 0 Å². The Kier molecular flexibility index (Phi) is 35.0. The average Bonchev–Trinajstić information content (AvgIpc) is 1.56. The van der Waals surface area contributed by atoms with E-state index in [1.807, 2.05) is 64.2 Å². The molecule has 0 radical (unpaired) electrons. The lowest BCUT2D eigenvalue weighted by molar-refractivity contribution is -0.318. The summed E-state index contributed by atoms with van der Waals surface area (Å²) >= 11 is 0. The SMILES string of the molecule is C1CCOC1.CO[C@H]1C[C@H](O[C@@H]2/C(C)=C/C[C@@H]3C[C@@H](C[C@]4(C=C[C@H](C)[C@@H](C5CCCCC5)O4)O3)OC(=O)[C@@H]3C=C(C)/C(=N\O)[C@H]4OC/C(=C\C=C\[C@@H]2C)[C@]43O)O[C@@H](C)[C@@H]1O.CO[C@H]1C[C@H](O[C@H]2[C@H](C)O[C@@H](O[C@@H]3/C(C)=C/C[C@@H]4C[C@@H](C[C@]5(C=C[C@H](C)[C@@H](C6CCCCC6)O5)O4)OC(=O)[C@@H]4C=C(C)/C(=N\O)[C@H]5OC/C(=C\C=C\[C@@H]3C)[C@]54O)C[C@@H]2OC)O[C@@H](C)[C@@H]1O.O=S(=O)(O)O. The number of hydrogen-bond donors (Lipinski definition) is 8. The van der Waals surface area contributed by atoms with Gasteiger partial charge >= 0.3 is 22.3 Å². The summed E-state index contributed by atoms with van der Waals surface area (Å²) in [6, 6.07) is 0. The summed E-state index contributed by atoms with van der Waals surface area (Å²) in [5, 5.41) is 73.4. The van der Waals surface area contributed by atoms with Crippen molar-refractivity contribution in [1.29, 1.82) is 0 Å². The number of fused-ring (bicyclic) bond motifs is 4. The van der Waals surface area contributed by atoms with Gasteiger partial charge in [-0.25, -0.2) is 0 Å². The number of aliphatic hydroxyl groups excluding tert-OH is 2. The summed E-state index contributed by atoms with van der Waals surface area (Å²) in [5.74, 6) is -4.72. The molecule has 0 aromatic rings. The molecular weight excluding hydrogens is 1710 g/mol. The summed E-state index contributed by atoms with van der Waals surface area (Å²) in [6.07, 6.45) is 33.5. The molecule has 12 aliphatic heterocycles. The van der Waals surface area contributed by atoms with Crippen LogP contribution in [0.15, 0.2) is 129 Å². The molecule has 0 aromatic carbocycles. The van der Waals surface area contributed by atoms with E-state index in [-0.39, 0.29) is 78.8 Å². The third-order valence-corrected chi connectivity index (χ3v) is 29.3. The van der Waals surface area contributed by atoms with Gasteiger partial charge in [0.05, 0.1) is 86.5 Å². The number of methoxy groups -OCH3 is 3. The quantitative estimate of drug-likeness (QED) is 0.0313. The van der Waals surface area contributed by atoms with Gasteiger partial charge in [0, 0.05) is 103 Å². The normalized spacial score (nSPS) is 45.6. The van der Waals surface area contributed by atoms with Crippen LogP contribution in [0.1, 0.15) is 211 Å². The molecule has 16 aliphatic rings. The standard InChI is InChI=1S/C50H73NO14.C43H61NO11.C4H8O.H2O4S/c1-27-13-12-16-34-26-58-47-42(51-55)30(4)21-37(50(34,47)54)48(53)61-36-22-35(64-49(25-36)20-19-29(3)45(65-49)33-14-10-9-11-15-33)18-17-28(2)44(27)62-41-24-39(57-8)46(32(6)60-41)63-40-23-38(56-7)43(52)31(5)59-40;1-24-11-10-14-30-23-50-40-36(44-48)27(4)19-33(43(30,40)47)41(46)52-32-20-31(16-15-25(2)38(24)53-35-21-34(49-6)37(45)28(5)51-35)54-42(22-32)18-17-26(3)39(55-42)29-12-8-7-9-13-29;1-2-4-5-3-1;1-5(2,3)4/h12-13,16-17,19-21,27,29,31-33,35-41,43-47,52,54-55H,9-11,14-15,18,22-26H2,1-8H3;10-11,14-15,17-19,24,26,28-29,31-35,37-40,45,47-48H,7-9,12-13,16,20-23H2,1-6H3;1-4H2;(H2,1,2,3,4)/b13-12+,28-17+,34-16+,51-42+;11-10+,25-15+,30-14+,44-36+;;/t27-,29-,31-,32-,35+,36-,37-,38-,39-,40-,41-,43-,44-,45-,46-,47+,49+,50+;24-,26-,28-,31+,32-,33-,34-,35-,37-,38-,39-,40+,42+,43+;;/m00../s1. The predicted molar refractivity (Wildman–Crippen MR) is 475 cm³/mol. The molecular formula is C97H144N2O30S. The molecule has 32 nitrogen and oxygen atoms in total. The maximum absolute atomic E-state index is 14.5. The molecule has 32 atom stereocenters. The van der Waals surface area contributed by atoms with Crippen molar-refractivity contribution in [3.63, 3.8) is 0 Å². The van der Waals surface area contributed by atoms with E-state index >= 15 is 0 Å². The number of allylic oxidation sites excluding steroid dienone is 4. The number of esters is 2. The third kappa shape index (κ3) is 23.8. The van der Waals surface area contributed by atoms with Crippen molar-refractivity contribution in [2.24, 2.45) is 57.7 Å². The van der Waals surface area contributed by atoms with E-state index in [0.717, 1.165) is 50.0 Å². The van der Waals surface area contributed by atoms with Gasteiger partial charge in [0.15, 0.2) is 30.4 Å². The fourth-order valence-electron chi connectivity index (χ4n) is 22.2. The zero-order chi connectivity index (χ0) is 93.3. The minimum absolute atomic E-state index is 0.0114. The maximum Gasteiger partial charge on any atom is 0.394 e. The first-order chi connectivity index (χ1) is 62.0. The van der Waals surface area contributed by atoms with Crippen LogP contribution in [-0.4, -0.2) is 277 Å². The Morgan fingerprint density at radius 1 is 0.477 bits per heavy atom. The molecule has 33 heteroatoms. The highest BCUT2D eigenvalue weighted by Gasteiger charge is 2.62. The highest BCUT2D eigenvalue weighted by molar-refractivity contribution is 7.79. The number of ether oxygens (including phenoxy) is 18. The van der Waals surface area contributed by atoms with Crippen LogP contribution in [-0.2, 0) is 105 Å². The predicted octanol–water partition coefficient (Wildman–Crippen LogP) is 12.4. The van der Waals surface area contributed by atoms with Gasteiger partial charge in [-0.2, -0.15) is 8.42 Å². The topological polar surface area (TPSA) is 421 Å². The second-order valence-electron chi connectivity index (χ2n) is 38.7. The van der Waals surface area contributed by atoms with E-state index in [1.54, 1.807) is 66.4 Å². The van der Waals surface area contributed by atoms with E-state index in [9.17, 15) is 40.4 Å². The van der Waals surface area contributed by atoms with Crippen molar-refractivity contribution >= 4 is 33.8 Å². The summed E-state index contributed by atoms with van der Waals surface area (Å²) in [5.41, 5.74) is 0.539. The summed E-state index contributed by atoms with van der Waals surface area (Å²) < 4.78 is 146. The van der Waals surface area contributed by atoms with E-state index in [2.05, 4.69) is 62.3 Å². The second-order valence-corrected chi connectivity index (χ2v) is 39.6. The van der Waals surface area contributed by atoms with Crippen molar-refractivity contribution in [3.05, 3.63) is 119 Å². The van der Waals surface area contributed by atoms with Gasteiger partial charge in [-0.05, 0) is 157 Å². The Bertz CT molecular complexity index is 4320. The van der Waals surface area contributed by atoms with Gasteiger partial charge in [0.2, 0.25) is 0 Å². The first-order valence-electron chi connectivity index (χ1n) is 47.3. The number of carbonyl (C=O) groups is 2. The van der Waals surface area contributed by atoms with Crippen molar-refractivity contribution in [2.75, 3.05) is 47.8 Å². The first kappa shape index (κ1) is 102. The van der Waals surface area contributed by atoms with E-state index in [4.69, 9.17) is 103 Å². The van der Waals surface area contributed by atoms with Gasteiger partial charge in [0.25, 0.3) is 0 Å². The fraction of sp³-hybridized carbons (Fsp3) is 0.753. The maximum atomic E-state index is 14.5. The van der Waals surface area contributed by atoms with Gasteiger partial charge in [0.1, 0.15) is 77.2 Å². The zero-order valence-corrected chi connectivity index (χ0v) is 78.8. The number of carbonyl (C=O) groups excluding carboxylic acids is 2.